The van der Waals surface area contributed by atoms with Gasteiger partial charge in [-0.25, -0.2) is 0 Å². The SMILES string of the molecule is CC1CCC(Nc2nc(N)nc(N(C)C)n2)C1C. The molecule has 6 nitrogen and oxygen atoms in total. The first-order valence-electron chi connectivity index (χ1n) is 6.42. The van der Waals surface area contributed by atoms with Crippen LogP contribution in [0.5, 0.6) is 0 Å². The van der Waals surface area contributed by atoms with Crippen LogP contribution in [0.4, 0.5) is 17.8 Å². The highest BCUT2D eigenvalue weighted by Gasteiger charge is 2.30. The van der Waals surface area contributed by atoms with Crippen LogP contribution in [0.25, 0.3) is 0 Å². The first-order valence-corrected chi connectivity index (χ1v) is 6.42. The Morgan fingerprint density at radius 2 is 1.89 bits per heavy atom. The van der Waals surface area contributed by atoms with Crippen LogP contribution in [-0.2, 0) is 0 Å². The maximum Gasteiger partial charge on any atom is 0.231 e. The Kier molecular flexibility index (Phi) is 3.54. The number of nitrogen functional groups attached to an aromatic ring is 1. The summed E-state index contributed by atoms with van der Waals surface area (Å²) < 4.78 is 0. The molecule has 3 N–H and O–H groups in total. The molecule has 0 amide bonds. The van der Waals surface area contributed by atoms with Crippen molar-refractivity contribution < 1.29 is 0 Å². The van der Waals surface area contributed by atoms with E-state index in [1.54, 1.807) is 0 Å². The summed E-state index contributed by atoms with van der Waals surface area (Å²) >= 11 is 0. The van der Waals surface area contributed by atoms with E-state index < -0.39 is 0 Å². The van der Waals surface area contributed by atoms with Gasteiger partial charge in [0.2, 0.25) is 17.8 Å². The molecule has 0 saturated heterocycles. The summed E-state index contributed by atoms with van der Waals surface area (Å²) in [5.41, 5.74) is 5.70. The normalized spacial score (nSPS) is 27.2. The fourth-order valence-electron chi connectivity index (χ4n) is 2.38. The van der Waals surface area contributed by atoms with Gasteiger partial charge < -0.3 is 16.0 Å². The molecule has 1 saturated carbocycles. The van der Waals surface area contributed by atoms with Gasteiger partial charge in [0.25, 0.3) is 0 Å². The van der Waals surface area contributed by atoms with Crippen molar-refractivity contribution in [3.05, 3.63) is 0 Å². The Hall–Kier alpha value is -1.59. The smallest absolute Gasteiger partial charge is 0.231 e. The van der Waals surface area contributed by atoms with Gasteiger partial charge in [-0.05, 0) is 24.7 Å². The molecule has 0 bridgehead atoms. The Labute approximate surface area is 108 Å². The monoisotopic (exact) mass is 250 g/mol. The van der Waals surface area contributed by atoms with Crippen LogP contribution in [0.3, 0.4) is 0 Å². The summed E-state index contributed by atoms with van der Waals surface area (Å²) in [7, 11) is 3.78. The Morgan fingerprint density at radius 3 is 2.44 bits per heavy atom. The quantitative estimate of drug-likeness (QED) is 0.843. The highest BCUT2D eigenvalue weighted by molar-refractivity contribution is 5.41. The topological polar surface area (TPSA) is 80.0 Å². The summed E-state index contributed by atoms with van der Waals surface area (Å²) in [4.78, 5) is 14.4. The van der Waals surface area contributed by atoms with Gasteiger partial charge in [-0.1, -0.05) is 13.8 Å². The number of nitrogens with zero attached hydrogens (tertiary/aromatic N) is 4. The molecule has 1 aliphatic carbocycles. The minimum absolute atomic E-state index is 0.259. The molecule has 0 aliphatic heterocycles. The van der Waals surface area contributed by atoms with Crippen molar-refractivity contribution in [1.82, 2.24) is 15.0 Å². The number of anilines is 3. The first kappa shape index (κ1) is 12.9. The molecule has 0 radical (unpaired) electrons. The molecular formula is C12H22N6. The van der Waals surface area contributed by atoms with Gasteiger partial charge in [-0.2, -0.15) is 15.0 Å². The minimum Gasteiger partial charge on any atom is -0.368 e. The van der Waals surface area contributed by atoms with Crippen LogP contribution in [0.2, 0.25) is 0 Å². The van der Waals surface area contributed by atoms with Crippen LogP contribution in [0, 0.1) is 11.8 Å². The van der Waals surface area contributed by atoms with Gasteiger partial charge in [0.1, 0.15) is 0 Å². The molecule has 6 heteroatoms. The molecule has 2 rings (SSSR count). The second-order valence-corrected chi connectivity index (χ2v) is 5.38. The van der Waals surface area contributed by atoms with E-state index in [1.807, 2.05) is 19.0 Å². The van der Waals surface area contributed by atoms with E-state index in [-0.39, 0.29) is 5.95 Å². The molecule has 100 valence electrons. The van der Waals surface area contributed by atoms with E-state index in [0.717, 1.165) is 12.3 Å². The number of aromatic nitrogens is 3. The maximum absolute atomic E-state index is 5.70. The minimum atomic E-state index is 0.259. The fraction of sp³-hybridized carbons (Fsp3) is 0.750. The van der Waals surface area contributed by atoms with E-state index >= 15 is 0 Å². The van der Waals surface area contributed by atoms with E-state index in [1.165, 1.54) is 6.42 Å². The van der Waals surface area contributed by atoms with E-state index in [9.17, 15) is 0 Å². The zero-order chi connectivity index (χ0) is 13.3. The standard InChI is InChI=1S/C12H22N6/c1-7-5-6-9(8(7)2)14-11-15-10(13)16-12(17-11)18(3)4/h7-9H,5-6H2,1-4H3,(H3,13,14,15,16,17). The van der Waals surface area contributed by atoms with Crippen molar-refractivity contribution in [1.29, 1.82) is 0 Å². The highest BCUT2D eigenvalue weighted by Crippen LogP contribution is 2.32. The van der Waals surface area contributed by atoms with Gasteiger partial charge in [0.15, 0.2) is 0 Å². The summed E-state index contributed by atoms with van der Waals surface area (Å²) in [5.74, 6) is 2.80. The van der Waals surface area contributed by atoms with Crippen molar-refractivity contribution in [2.75, 3.05) is 30.0 Å². The van der Waals surface area contributed by atoms with Crippen molar-refractivity contribution in [2.45, 2.75) is 32.7 Å². The molecule has 3 atom stereocenters. The first-order chi connectivity index (χ1) is 8.47. The van der Waals surface area contributed by atoms with Crippen molar-refractivity contribution in [2.24, 2.45) is 11.8 Å². The number of hydrogen-bond donors (Lipinski definition) is 2. The second kappa shape index (κ2) is 4.96. The zero-order valence-corrected chi connectivity index (χ0v) is 11.5. The number of nitrogens with one attached hydrogen (secondary N) is 1. The number of nitrogens with two attached hydrogens (primary N) is 1. The molecule has 1 heterocycles. The van der Waals surface area contributed by atoms with Crippen LogP contribution >= 0.6 is 0 Å². The Bertz CT molecular complexity index is 419. The van der Waals surface area contributed by atoms with Crippen LogP contribution in [0.1, 0.15) is 26.7 Å². The van der Waals surface area contributed by atoms with Gasteiger partial charge in [-0.15, -0.1) is 0 Å². The number of hydrogen-bond acceptors (Lipinski definition) is 6. The fourth-order valence-corrected chi connectivity index (χ4v) is 2.38. The van der Waals surface area contributed by atoms with Crippen molar-refractivity contribution in [3.63, 3.8) is 0 Å². The molecule has 18 heavy (non-hydrogen) atoms. The van der Waals surface area contributed by atoms with Crippen LogP contribution < -0.4 is 16.0 Å². The van der Waals surface area contributed by atoms with Gasteiger partial charge in [-0.3, -0.25) is 0 Å². The molecule has 1 aromatic heterocycles. The van der Waals surface area contributed by atoms with E-state index in [4.69, 9.17) is 5.73 Å². The predicted octanol–water partition coefficient (Wildman–Crippen LogP) is 1.37. The lowest BCUT2D eigenvalue weighted by molar-refractivity contribution is 0.434. The molecule has 1 aromatic rings. The third-order valence-electron chi connectivity index (χ3n) is 3.82. The largest absolute Gasteiger partial charge is 0.368 e. The maximum atomic E-state index is 5.70. The molecule has 1 aliphatic rings. The second-order valence-electron chi connectivity index (χ2n) is 5.38. The average molecular weight is 250 g/mol. The van der Waals surface area contributed by atoms with Crippen molar-refractivity contribution >= 4 is 17.8 Å². The predicted molar refractivity (Wildman–Crippen MR) is 73.5 cm³/mol. The molecule has 3 unspecified atom stereocenters. The molecular weight excluding hydrogens is 228 g/mol. The highest BCUT2D eigenvalue weighted by atomic mass is 15.3. The Morgan fingerprint density at radius 1 is 1.17 bits per heavy atom. The van der Waals surface area contributed by atoms with E-state index in [0.29, 0.717) is 23.9 Å². The molecule has 1 fully saturated rings. The third kappa shape index (κ3) is 2.63. The summed E-state index contributed by atoms with van der Waals surface area (Å²) in [5, 5.41) is 3.39. The molecule has 0 spiro atoms. The lowest BCUT2D eigenvalue weighted by Crippen LogP contribution is -2.26. The van der Waals surface area contributed by atoms with E-state index in [2.05, 4.69) is 34.1 Å². The Balaban J connectivity index is 2.14. The summed E-state index contributed by atoms with van der Waals surface area (Å²) in [6.07, 6.45) is 2.41. The molecule has 0 aromatic carbocycles. The lowest BCUT2D eigenvalue weighted by atomic mass is 9.98. The average Bonchev–Trinajstić information content (AvgIpc) is 2.60. The van der Waals surface area contributed by atoms with Gasteiger partial charge in [0.05, 0.1) is 0 Å². The lowest BCUT2D eigenvalue weighted by Gasteiger charge is -2.20. The van der Waals surface area contributed by atoms with Gasteiger partial charge in [0, 0.05) is 20.1 Å². The summed E-state index contributed by atoms with van der Waals surface area (Å²) in [6, 6.07) is 0.428. The van der Waals surface area contributed by atoms with Gasteiger partial charge >= 0.3 is 0 Å². The third-order valence-corrected chi connectivity index (χ3v) is 3.82. The van der Waals surface area contributed by atoms with Crippen LogP contribution in [-0.4, -0.2) is 35.1 Å². The van der Waals surface area contributed by atoms with Crippen LogP contribution in [0.15, 0.2) is 0 Å². The number of rotatable bonds is 3. The zero-order valence-electron chi connectivity index (χ0n) is 11.5. The summed E-state index contributed by atoms with van der Waals surface area (Å²) in [6.45, 7) is 4.56. The van der Waals surface area contributed by atoms with Crippen molar-refractivity contribution in [3.8, 4) is 0 Å².